The van der Waals surface area contributed by atoms with Crippen LogP contribution in [-0.2, 0) is 11.2 Å². The minimum Gasteiger partial charge on any atom is -0.493 e. The van der Waals surface area contributed by atoms with Crippen LogP contribution in [0.25, 0.3) is 0 Å². The lowest BCUT2D eigenvalue weighted by Gasteiger charge is -2.26. The first-order valence-electron chi connectivity index (χ1n) is 7.93. The van der Waals surface area contributed by atoms with Gasteiger partial charge in [-0.3, -0.25) is 9.69 Å². The van der Waals surface area contributed by atoms with Crippen LogP contribution in [0.15, 0.2) is 42.5 Å². The average molecular weight is 343 g/mol. The molecule has 0 aliphatic carbocycles. The summed E-state index contributed by atoms with van der Waals surface area (Å²) in [5.74, 6) is 1.93. The van der Waals surface area contributed by atoms with Crippen LogP contribution in [0, 0.1) is 0 Å². The molecule has 0 aromatic heterocycles. The maximum absolute atomic E-state index is 12.5. The molecule has 3 rings (SSSR count). The zero-order valence-corrected chi connectivity index (χ0v) is 14.9. The number of anilines is 1. The summed E-state index contributed by atoms with van der Waals surface area (Å²) in [4.78, 5) is 14.3. The molecule has 5 heteroatoms. The maximum atomic E-state index is 12.5. The van der Waals surface area contributed by atoms with E-state index < -0.39 is 0 Å². The van der Waals surface area contributed by atoms with E-state index in [1.807, 2.05) is 35.2 Å². The Bertz CT molecular complexity index is 730. The zero-order chi connectivity index (χ0) is 17.1. The number of carbonyl (C=O) groups excluding carboxylic acids is 1. The first kappa shape index (κ1) is 16.7. The quantitative estimate of drug-likeness (QED) is 0.821. The molecule has 2 aromatic rings. The van der Waals surface area contributed by atoms with Gasteiger partial charge in [0.05, 0.1) is 20.0 Å². The molecule has 1 amide bonds. The molecule has 0 saturated carbocycles. The van der Waals surface area contributed by atoms with Crippen molar-refractivity contribution in [2.24, 2.45) is 0 Å². The molecular formula is C19H21NO3S. The molecule has 0 radical (unpaired) electrons. The van der Waals surface area contributed by atoms with Crippen LogP contribution < -0.4 is 14.4 Å². The molecule has 1 atom stereocenters. The number of rotatable bonds is 5. The number of aryl methyl sites for hydroxylation is 1. The van der Waals surface area contributed by atoms with Crippen molar-refractivity contribution in [3.8, 4) is 11.5 Å². The zero-order valence-electron chi connectivity index (χ0n) is 14.1. The summed E-state index contributed by atoms with van der Waals surface area (Å²) in [6.45, 7) is 2.12. The first-order chi connectivity index (χ1) is 11.7. The second-order valence-corrected chi connectivity index (χ2v) is 6.60. The molecule has 1 unspecified atom stereocenters. The molecule has 1 heterocycles. The SMILES string of the molecule is CCc1ccc(N2C(=O)CSC2c2cccc(OC)c2OC)cc1. The minimum absolute atomic E-state index is 0.110. The summed E-state index contributed by atoms with van der Waals surface area (Å²) in [7, 11) is 3.25. The van der Waals surface area contributed by atoms with E-state index in [4.69, 9.17) is 9.47 Å². The second kappa shape index (κ2) is 7.18. The molecular weight excluding hydrogens is 322 g/mol. The molecule has 1 aliphatic heterocycles. The number of hydrogen-bond acceptors (Lipinski definition) is 4. The third kappa shape index (κ3) is 2.96. The topological polar surface area (TPSA) is 38.8 Å². The van der Waals surface area contributed by atoms with E-state index in [0.29, 0.717) is 17.3 Å². The number of thioether (sulfide) groups is 1. The van der Waals surface area contributed by atoms with Gasteiger partial charge >= 0.3 is 0 Å². The van der Waals surface area contributed by atoms with Gasteiger partial charge in [-0.2, -0.15) is 0 Å². The highest BCUT2D eigenvalue weighted by atomic mass is 32.2. The molecule has 24 heavy (non-hydrogen) atoms. The Balaban J connectivity index is 2.02. The summed E-state index contributed by atoms with van der Waals surface area (Å²) in [5, 5.41) is -0.116. The summed E-state index contributed by atoms with van der Waals surface area (Å²) in [6, 6.07) is 14.0. The number of ether oxygens (including phenoxy) is 2. The van der Waals surface area contributed by atoms with Gasteiger partial charge < -0.3 is 9.47 Å². The molecule has 126 valence electrons. The fourth-order valence-electron chi connectivity index (χ4n) is 2.93. The van der Waals surface area contributed by atoms with Crippen LogP contribution in [0.4, 0.5) is 5.69 Å². The highest BCUT2D eigenvalue weighted by molar-refractivity contribution is 8.00. The van der Waals surface area contributed by atoms with Crippen molar-refractivity contribution in [2.45, 2.75) is 18.7 Å². The molecule has 0 spiro atoms. The smallest absolute Gasteiger partial charge is 0.238 e. The highest BCUT2D eigenvalue weighted by Gasteiger charge is 2.36. The van der Waals surface area contributed by atoms with Crippen molar-refractivity contribution in [3.63, 3.8) is 0 Å². The number of amides is 1. The van der Waals surface area contributed by atoms with Gasteiger partial charge in [0, 0.05) is 11.3 Å². The Morgan fingerprint density at radius 1 is 1.12 bits per heavy atom. The van der Waals surface area contributed by atoms with Crippen LogP contribution in [0.2, 0.25) is 0 Å². The van der Waals surface area contributed by atoms with Crippen molar-refractivity contribution < 1.29 is 14.3 Å². The monoisotopic (exact) mass is 343 g/mol. The van der Waals surface area contributed by atoms with Gasteiger partial charge in [0.1, 0.15) is 5.37 Å². The molecule has 1 aliphatic rings. The Kier molecular flexibility index (Phi) is 5.00. The second-order valence-electron chi connectivity index (χ2n) is 5.53. The molecule has 1 saturated heterocycles. The summed E-state index contributed by atoms with van der Waals surface area (Å²) < 4.78 is 11.0. The number of para-hydroxylation sites is 1. The number of carbonyl (C=O) groups is 1. The Hall–Kier alpha value is -2.14. The van der Waals surface area contributed by atoms with Crippen molar-refractivity contribution in [3.05, 3.63) is 53.6 Å². The minimum atomic E-state index is -0.116. The Labute approximate surface area is 146 Å². The van der Waals surface area contributed by atoms with E-state index >= 15 is 0 Å². The van der Waals surface area contributed by atoms with Gasteiger partial charge in [-0.1, -0.05) is 31.2 Å². The predicted molar refractivity (Wildman–Crippen MR) is 98.1 cm³/mol. The third-order valence-electron chi connectivity index (χ3n) is 4.19. The largest absolute Gasteiger partial charge is 0.493 e. The van der Waals surface area contributed by atoms with Gasteiger partial charge in [0.2, 0.25) is 5.91 Å². The average Bonchev–Trinajstić information content (AvgIpc) is 3.02. The van der Waals surface area contributed by atoms with E-state index in [1.165, 1.54) is 5.56 Å². The van der Waals surface area contributed by atoms with Gasteiger partial charge in [0.15, 0.2) is 11.5 Å². The van der Waals surface area contributed by atoms with E-state index in [2.05, 4.69) is 19.1 Å². The lowest BCUT2D eigenvalue weighted by atomic mass is 10.1. The fourth-order valence-corrected chi connectivity index (χ4v) is 4.13. The van der Waals surface area contributed by atoms with E-state index in [0.717, 1.165) is 17.7 Å². The van der Waals surface area contributed by atoms with Crippen LogP contribution in [0.5, 0.6) is 11.5 Å². The molecule has 2 aromatic carbocycles. The van der Waals surface area contributed by atoms with E-state index in [-0.39, 0.29) is 11.3 Å². The van der Waals surface area contributed by atoms with Crippen molar-refractivity contribution in [2.75, 3.05) is 24.9 Å². The van der Waals surface area contributed by atoms with Crippen LogP contribution in [-0.4, -0.2) is 25.9 Å². The Morgan fingerprint density at radius 3 is 2.50 bits per heavy atom. The molecule has 1 fully saturated rings. The number of benzene rings is 2. The standard InChI is InChI=1S/C19H21NO3S/c1-4-13-8-10-14(11-9-13)20-17(21)12-24-19(20)15-6-5-7-16(22-2)18(15)23-3/h5-11,19H,4,12H2,1-3H3. The summed E-state index contributed by atoms with van der Waals surface area (Å²) in [5.41, 5.74) is 3.12. The fraction of sp³-hybridized carbons (Fsp3) is 0.316. The third-order valence-corrected chi connectivity index (χ3v) is 5.38. The predicted octanol–water partition coefficient (Wildman–Crippen LogP) is 4.04. The van der Waals surface area contributed by atoms with Crippen LogP contribution in [0.1, 0.15) is 23.4 Å². The van der Waals surface area contributed by atoms with Crippen molar-refractivity contribution in [1.29, 1.82) is 0 Å². The van der Waals surface area contributed by atoms with Crippen molar-refractivity contribution >= 4 is 23.4 Å². The summed E-state index contributed by atoms with van der Waals surface area (Å²) >= 11 is 1.61. The summed E-state index contributed by atoms with van der Waals surface area (Å²) in [6.07, 6.45) is 0.982. The number of methoxy groups -OCH3 is 2. The van der Waals surface area contributed by atoms with Gasteiger partial charge in [-0.15, -0.1) is 11.8 Å². The normalized spacial score (nSPS) is 17.2. The number of hydrogen-bond donors (Lipinski definition) is 0. The Morgan fingerprint density at radius 2 is 1.88 bits per heavy atom. The number of nitrogens with zero attached hydrogens (tertiary/aromatic N) is 1. The highest BCUT2D eigenvalue weighted by Crippen LogP contribution is 2.47. The molecule has 0 bridgehead atoms. The van der Waals surface area contributed by atoms with E-state index in [9.17, 15) is 4.79 Å². The maximum Gasteiger partial charge on any atom is 0.238 e. The first-order valence-corrected chi connectivity index (χ1v) is 8.98. The van der Waals surface area contributed by atoms with E-state index in [1.54, 1.807) is 26.0 Å². The lowest BCUT2D eigenvalue weighted by molar-refractivity contribution is -0.115. The molecule has 0 N–H and O–H groups in total. The molecule has 4 nitrogen and oxygen atoms in total. The van der Waals surface area contributed by atoms with Crippen LogP contribution >= 0.6 is 11.8 Å². The lowest BCUT2D eigenvalue weighted by Crippen LogP contribution is -2.28. The van der Waals surface area contributed by atoms with Crippen molar-refractivity contribution in [1.82, 2.24) is 0 Å². The van der Waals surface area contributed by atoms with Gasteiger partial charge in [-0.05, 0) is 30.2 Å². The van der Waals surface area contributed by atoms with Gasteiger partial charge in [0.25, 0.3) is 0 Å². The van der Waals surface area contributed by atoms with Crippen LogP contribution in [0.3, 0.4) is 0 Å². The van der Waals surface area contributed by atoms with Gasteiger partial charge in [-0.25, -0.2) is 0 Å².